The zero-order valence-corrected chi connectivity index (χ0v) is 17.8. The van der Waals surface area contributed by atoms with Crippen LogP contribution >= 0.6 is 0 Å². The number of nitrogens with zero attached hydrogens (tertiary/aromatic N) is 2. The monoisotopic (exact) mass is 431 g/mol. The smallest absolute Gasteiger partial charge is 0.260 e. The fraction of sp³-hybridized carbons (Fsp3) is 0.125. The molecule has 32 heavy (non-hydrogen) atoms. The zero-order valence-electron chi connectivity index (χ0n) is 17.8. The van der Waals surface area contributed by atoms with Crippen LogP contribution in [-0.2, 0) is 0 Å². The largest absolute Gasteiger partial charge is 0.497 e. The van der Waals surface area contributed by atoms with Crippen molar-refractivity contribution in [2.45, 2.75) is 0 Å². The maximum absolute atomic E-state index is 12.9. The molecule has 8 nitrogen and oxygen atoms in total. The topological polar surface area (TPSA) is 95.7 Å². The lowest BCUT2D eigenvalue weighted by molar-refractivity contribution is 0.102. The first-order valence-electron chi connectivity index (χ1n) is 9.74. The van der Waals surface area contributed by atoms with E-state index in [0.717, 1.165) is 5.56 Å². The number of nitrogens with one attached hydrogen (secondary N) is 1. The number of methoxy groups -OCH3 is 3. The van der Waals surface area contributed by atoms with Crippen molar-refractivity contribution in [3.63, 3.8) is 0 Å². The Balaban J connectivity index is 1.75. The van der Waals surface area contributed by atoms with Gasteiger partial charge in [0, 0.05) is 17.2 Å². The van der Waals surface area contributed by atoms with Gasteiger partial charge in [0.2, 0.25) is 5.82 Å². The Hall–Kier alpha value is -4.33. The second-order valence-corrected chi connectivity index (χ2v) is 6.73. The zero-order chi connectivity index (χ0) is 22.5. The van der Waals surface area contributed by atoms with E-state index in [1.807, 2.05) is 30.3 Å². The third-order valence-corrected chi connectivity index (χ3v) is 4.79. The van der Waals surface area contributed by atoms with E-state index >= 15 is 0 Å². The first-order valence-corrected chi connectivity index (χ1v) is 9.74. The Morgan fingerprint density at radius 1 is 0.875 bits per heavy atom. The van der Waals surface area contributed by atoms with Gasteiger partial charge >= 0.3 is 0 Å². The summed E-state index contributed by atoms with van der Waals surface area (Å²) < 4.78 is 21.5. The van der Waals surface area contributed by atoms with Gasteiger partial charge in [0.15, 0.2) is 11.5 Å². The summed E-state index contributed by atoms with van der Waals surface area (Å²) in [6.45, 7) is 0. The molecule has 0 aliphatic rings. The fourth-order valence-electron chi connectivity index (χ4n) is 3.16. The molecule has 4 aromatic rings. The molecule has 162 valence electrons. The van der Waals surface area contributed by atoms with Gasteiger partial charge in [0.1, 0.15) is 5.75 Å². The summed E-state index contributed by atoms with van der Waals surface area (Å²) in [6, 6.07) is 19.6. The Bertz CT molecular complexity index is 1240. The number of hydrogen-bond donors (Lipinski definition) is 1. The van der Waals surface area contributed by atoms with E-state index in [4.69, 9.17) is 18.7 Å². The van der Waals surface area contributed by atoms with Crippen LogP contribution in [0.3, 0.4) is 0 Å². The van der Waals surface area contributed by atoms with Gasteiger partial charge in [-0.1, -0.05) is 41.6 Å². The molecule has 0 radical (unpaired) electrons. The van der Waals surface area contributed by atoms with E-state index in [9.17, 15) is 4.79 Å². The van der Waals surface area contributed by atoms with Crippen molar-refractivity contribution in [2.24, 2.45) is 0 Å². The van der Waals surface area contributed by atoms with E-state index in [0.29, 0.717) is 39.9 Å². The highest BCUT2D eigenvalue weighted by Gasteiger charge is 2.20. The molecule has 1 amide bonds. The fourth-order valence-corrected chi connectivity index (χ4v) is 3.16. The summed E-state index contributed by atoms with van der Waals surface area (Å²) in [6.07, 6.45) is 0. The lowest BCUT2D eigenvalue weighted by Gasteiger charge is -2.14. The van der Waals surface area contributed by atoms with Gasteiger partial charge in [-0.25, -0.2) is 0 Å². The van der Waals surface area contributed by atoms with Gasteiger partial charge in [-0.2, -0.15) is 4.98 Å². The summed E-state index contributed by atoms with van der Waals surface area (Å²) in [5.74, 6) is 1.81. The van der Waals surface area contributed by atoms with Crippen molar-refractivity contribution >= 4 is 11.6 Å². The molecule has 1 N–H and O–H groups in total. The number of anilines is 1. The van der Waals surface area contributed by atoms with E-state index in [1.165, 1.54) is 14.2 Å². The van der Waals surface area contributed by atoms with Crippen LogP contribution < -0.4 is 19.5 Å². The number of amides is 1. The van der Waals surface area contributed by atoms with Gasteiger partial charge in [-0.15, -0.1) is 0 Å². The molecule has 4 rings (SSSR count). The average Bonchev–Trinajstić information content (AvgIpc) is 3.34. The lowest BCUT2D eigenvalue weighted by atomic mass is 10.1. The van der Waals surface area contributed by atoms with Crippen molar-refractivity contribution in [3.05, 3.63) is 72.3 Å². The van der Waals surface area contributed by atoms with Crippen molar-refractivity contribution < 1.29 is 23.5 Å². The quantitative estimate of drug-likeness (QED) is 0.454. The minimum absolute atomic E-state index is 0.228. The van der Waals surface area contributed by atoms with Crippen LogP contribution in [0.4, 0.5) is 5.69 Å². The summed E-state index contributed by atoms with van der Waals surface area (Å²) in [5.41, 5.74) is 2.16. The number of hydrogen-bond acceptors (Lipinski definition) is 7. The van der Waals surface area contributed by atoms with Crippen molar-refractivity contribution in [1.82, 2.24) is 10.1 Å². The predicted molar refractivity (Wildman–Crippen MR) is 119 cm³/mol. The molecule has 0 unspecified atom stereocenters. The van der Waals surface area contributed by atoms with E-state index in [-0.39, 0.29) is 11.8 Å². The van der Waals surface area contributed by atoms with E-state index in [1.54, 1.807) is 43.5 Å². The summed E-state index contributed by atoms with van der Waals surface area (Å²) in [7, 11) is 4.59. The number of benzene rings is 3. The molecule has 1 aromatic heterocycles. The van der Waals surface area contributed by atoms with Crippen LogP contribution in [0, 0.1) is 0 Å². The van der Waals surface area contributed by atoms with Crippen LogP contribution in [0.25, 0.3) is 22.8 Å². The highest BCUT2D eigenvalue weighted by atomic mass is 16.5. The minimum Gasteiger partial charge on any atom is -0.497 e. The van der Waals surface area contributed by atoms with E-state index in [2.05, 4.69) is 15.5 Å². The minimum atomic E-state index is -0.333. The highest BCUT2D eigenvalue weighted by Crippen LogP contribution is 2.39. The first kappa shape index (κ1) is 20.9. The second kappa shape index (κ2) is 9.22. The molecule has 0 saturated heterocycles. The molecule has 0 fully saturated rings. The summed E-state index contributed by atoms with van der Waals surface area (Å²) >= 11 is 0. The molecule has 0 spiro atoms. The molecule has 3 aromatic carbocycles. The number of carbonyl (C=O) groups excluding carboxylic acids is 1. The van der Waals surface area contributed by atoms with Gasteiger partial charge < -0.3 is 24.1 Å². The average molecular weight is 431 g/mol. The Kier molecular flexibility index (Phi) is 6.03. The first-order chi connectivity index (χ1) is 15.6. The van der Waals surface area contributed by atoms with Crippen LogP contribution in [0.2, 0.25) is 0 Å². The molecule has 0 aliphatic carbocycles. The van der Waals surface area contributed by atoms with Crippen molar-refractivity contribution in [3.8, 4) is 40.1 Å². The Morgan fingerprint density at radius 2 is 1.62 bits per heavy atom. The lowest BCUT2D eigenvalue weighted by Crippen LogP contribution is -2.13. The van der Waals surface area contributed by atoms with Crippen LogP contribution in [0.5, 0.6) is 17.2 Å². The number of ether oxygens (including phenoxy) is 3. The highest BCUT2D eigenvalue weighted by molar-refractivity contribution is 6.06. The summed E-state index contributed by atoms with van der Waals surface area (Å²) in [5, 5.41) is 6.97. The maximum Gasteiger partial charge on any atom is 0.260 e. The van der Waals surface area contributed by atoms with Gasteiger partial charge in [0.25, 0.3) is 11.8 Å². The van der Waals surface area contributed by atoms with E-state index < -0.39 is 0 Å². The normalized spacial score (nSPS) is 10.5. The predicted octanol–water partition coefficient (Wildman–Crippen LogP) is 4.68. The molecule has 1 heterocycles. The van der Waals surface area contributed by atoms with Gasteiger partial charge in [0.05, 0.1) is 32.6 Å². The van der Waals surface area contributed by atoms with Crippen LogP contribution in [0.15, 0.2) is 71.3 Å². The number of rotatable bonds is 7. The summed E-state index contributed by atoms with van der Waals surface area (Å²) in [4.78, 5) is 17.4. The molecular formula is C24H21N3O5. The molecule has 0 bridgehead atoms. The van der Waals surface area contributed by atoms with Gasteiger partial charge in [-0.3, -0.25) is 4.79 Å². The SMILES string of the molecule is COc1cccc(C(=O)Nc2cc(OC)c(OC)cc2-c2nc(-c3ccccc3)no2)c1. The number of carbonyl (C=O) groups is 1. The molecular weight excluding hydrogens is 410 g/mol. The molecule has 0 aliphatic heterocycles. The Morgan fingerprint density at radius 3 is 2.34 bits per heavy atom. The number of aromatic nitrogens is 2. The molecule has 0 atom stereocenters. The van der Waals surface area contributed by atoms with Crippen LogP contribution in [-0.4, -0.2) is 37.4 Å². The molecule has 0 saturated carbocycles. The third-order valence-electron chi connectivity index (χ3n) is 4.79. The van der Waals surface area contributed by atoms with Crippen molar-refractivity contribution in [2.75, 3.05) is 26.6 Å². The third kappa shape index (κ3) is 4.24. The standard InChI is InChI=1S/C24H21N3O5/c1-29-17-11-7-10-16(12-17)23(28)25-19-14-21(31-3)20(30-2)13-18(19)24-26-22(27-32-24)15-8-5-4-6-9-15/h4-14H,1-3H3,(H,25,28). The maximum atomic E-state index is 12.9. The van der Waals surface area contributed by atoms with Crippen LogP contribution in [0.1, 0.15) is 10.4 Å². The van der Waals surface area contributed by atoms with Crippen molar-refractivity contribution in [1.29, 1.82) is 0 Å². The second-order valence-electron chi connectivity index (χ2n) is 6.73. The molecule has 8 heteroatoms. The Labute approximate surface area is 184 Å². The van der Waals surface area contributed by atoms with Gasteiger partial charge in [-0.05, 0) is 24.3 Å².